The lowest BCUT2D eigenvalue weighted by molar-refractivity contribution is 0.477. The fraction of sp³-hybridized carbons (Fsp3) is 0.0698. The summed E-state index contributed by atoms with van der Waals surface area (Å²) in [5.74, 6) is 0.414. The van der Waals surface area contributed by atoms with E-state index in [9.17, 15) is 10.2 Å². The zero-order chi connectivity index (χ0) is 31.7. The highest BCUT2D eigenvalue weighted by atomic mass is 16.3. The first-order valence-corrected chi connectivity index (χ1v) is 15.6. The monoisotopic (exact) mass is 597 g/mol. The summed E-state index contributed by atoms with van der Waals surface area (Å²) in [6.45, 7) is 4.51. The van der Waals surface area contributed by atoms with Crippen LogP contribution in [0.5, 0.6) is 11.5 Å². The van der Waals surface area contributed by atoms with Gasteiger partial charge in [0.15, 0.2) is 0 Å². The van der Waals surface area contributed by atoms with Crippen LogP contribution in [0.15, 0.2) is 163 Å². The topological polar surface area (TPSA) is 43.7 Å². The Labute approximate surface area is 270 Å². The fourth-order valence-corrected chi connectivity index (χ4v) is 6.45. The molecule has 0 aromatic heterocycles. The van der Waals surface area contributed by atoms with Crippen molar-refractivity contribution in [3.8, 4) is 33.8 Å². The minimum absolute atomic E-state index is 0.164. The first-order valence-electron chi connectivity index (χ1n) is 15.6. The van der Waals surface area contributed by atoms with Gasteiger partial charge in [0.05, 0.1) is 0 Å². The first-order chi connectivity index (χ1) is 22.4. The number of fused-ring (bicyclic) bond motifs is 2. The van der Waals surface area contributed by atoms with Crippen molar-refractivity contribution in [2.24, 2.45) is 0 Å². The Morgan fingerprint density at radius 1 is 0.543 bits per heavy atom. The number of hydrogen-bond donors (Lipinski definition) is 2. The summed E-state index contributed by atoms with van der Waals surface area (Å²) in [6.07, 6.45) is 11.0. The van der Waals surface area contributed by atoms with Gasteiger partial charge in [-0.05, 0) is 87.8 Å². The van der Waals surface area contributed by atoms with Crippen LogP contribution >= 0.6 is 0 Å². The summed E-state index contributed by atoms with van der Waals surface area (Å²) < 4.78 is 0. The highest BCUT2D eigenvalue weighted by Gasteiger charge is 2.22. The third-order valence-electron chi connectivity index (χ3n) is 8.79. The summed E-state index contributed by atoms with van der Waals surface area (Å²) in [6, 6.07) is 44.4. The second-order valence-corrected chi connectivity index (χ2v) is 12.2. The molecule has 0 amide bonds. The van der Waals surface area contributed by atoms with Crippen LogP contribution in [-0.4, -0.2) is 10.2 Å². The predicted molar refractivity (Wildman–Crippen MR) is 192 cm³/mol. The molecule has 0 heterocycles. The summed E-state index contributed by atoms with van der Waals surface area (Å²) in [7, 11) is 0. The Balaban J connectivity index is 1.32. The van der Waals surface area contributed by atoms with Gasteiger partial charge < -0.3 is 15.1 Å². The molecule has 1 aliphatic carbocycles. The van der Waals surface area contributed by atoms with Crippen molar-refractivity contribution in [3.63, 3.8) is 0 Å². The number of rotatable bonds is 5. The van der Waals surface area contributed by atoms with Gasteiger partial charge in [0.1, 0.15) is 11.5 Å². The van der Waals surface area contributed by atoms with E-state index >= 15 is 0 Å². The molecule has 3 nitrogen and oxygen atoms in total. The van der Waals surface area contributed by atoms with Crippen LogP contribution < -0.4 is 4.90 Å². The first kappa shape index (κ1) is 28.9. The lowest BCUT2D eigenvalue weighted by Crippen LogP contribution is -2.18. The van der Waals surface area contributed by atoms with E-state index in [4.69, 9.17) is 0 Å². The lowest BCUT2D eigenvalue weighted by atomic mass is 9.81. The highest BCUT2D eigenvalue weighted by molar-refractivity contribution is 6.08. The third kappa shape index (κ3) is 5.37. The molecule has 0 spiro atoms. The van der Waals surface area contributed by atoms with Gasteiger partial charge in [-0.1, -0.05) is 123 Å². The maximum Gasteiger partial charge on any atom is 0.124 e. The molecule has 1 aliphatic rings. The molecule has 0 bridgehead atoms. The Kier molecular flexibility index (Phi) is 7.52. The standard InChI is InChI=1S/C43H35NO2/c1-43(2)29-28-33(16-10-13-31-12-6-8-20-39(31)43)44(32-14-4-3-5-15-32)34-24-22-30(23-25-34)35-18-11-19-38-36(26-27-41(46)42(35)38)37-17-7-9-21-40(37)45/h3-29,45-46H,1-2H3/b13-10+,29-28+,33-16+. The van der Waals surface area contributed by atoms with E-state index in [1.807, 2.05) is 48.5 Å². The van der Waals surface area contributed by atoms with Crippen molar-refractivity contribution >= 4 is 28.2 Å². The van der Waals surface area contributed by atoms with E-state index in [0.717, 1.165) is 50.1 Å². The predicted octanol–water partition coefficient (Wildman–Crippen LogP) is 11.2. The van der Waals surface area contributed by atoms with E-state index in [0.29, 0.717) is 0 Å². The number of phenolic OH excluding ortho intramolecular Hbond substituents is 2. The molecule has 0 fully saturated rings. The Morgan fingerprint density at radius 2 is 1.24 bits per heavy atom. The molecule has 7 rings (SSSR count). The second kappa shape index (κ2) is 11.9. The number of phenols is 2. The number of para-hydroxylation sites is 2. The summed E-state index contributed by atoms with van der Waals surface area (Å²) in [5.41, 5.74) is 8.99. The molecule has 6 aromatic rings. The maximum absolute atomic E-state index is 11.1. The highest BCUT2D eigenvalue weighted by Crippen LogP contribution is 2.43. The van der Waals surface area contributed by atoms with Crippen molar-refractivity contribution < 1.29 is 10.2 Å². The van der Waals surface area contributed by atoms with Gasteiger partial charge in [0.25, 0.3) is 0 Å². The molecular weight excluding hydrogens is 562 g/mol. The van der Waals surface area contributed by atoms with Gasteiger partial charge in [-0.3, -0.25) is 0 Å². The summed E-state index contributed by atoms with van der Waals surface area (Å²) in [5, 5.41) is 23.3. The van der Waals surface area contributed by atoms with Crippen LogP contribution in [0.2, 0.25) is 0 Å². The van der Waals surface area contributed by atoms with E-state index in [1.165, 1.54) is 11.1 Å². The van der Waals surface area contributed by atoms with Crippen LogP contribution in [0.25, 0.3) is 39.1 Å². The van der Waals surface area contributed by atoms with E-state index < -0.39 is 0 Å². The van der Waals surface area contributed by atoms with Crippen LogP contribution in [0.4, 0.5) is 11.4 Å². The number of allylic oxidation sites excluding steroid dienone is 4. The summed E-state index contributed by atoms with van der Waals surface area (Å²) >= 11 is 0. The van der Waals surface area contributed by atoms with E-state index in [1.54, 1.807) is 12.1 Å². The zero-order valence-electron chi connectivity index (χ0n) is 25.9. The van der Waals surface area contributed by atoms with E-state index in [2.05, 4.69) is 122 Å². The SMILES string of the molecule is CC1(C)/C=C/C(N(c2ccccc2)c2ccc(-c3cccc4c(-c5ccccc5O)ccc(O)c34)cc2)=C\C=C\c2ccccc21. The Morgan fingerprint density at radius 3 is 2.04 bits per heavy atom. The molecule has 2 N–H and O–H groups in total. The van der Waals surface area contributed by atoms with Gasteiger partial charge in [-0.15, -0.1) is 0 Å². The quantitative estimate of drug-likeness (QED) is 0.208. The molecule has 224 valence electrons. The Bertz CT molecular complexity index is 2140. The number of hydrogen-bond acceptors (Lipinski definition) is 3. The minimum Gasteiger partial charge on any atom is -0.507 e. The van der Waals surface area contributed by atoms with Crippen LogP contribution in [-0.2, 0) is 5.41 Å². The normalized spacial score (nSPS) is 16.3. The van der Waals surface area contributed by atoms with Crippen molar-refractivity contribution in [1.29, 1.82) is 0 Å². The van der Waals surface area contributed by atoms with Crippen molar-refractivity contribution in [1.82, 2.24) is 0 Å². The molecular formula is C43H35NO2. The average Bonchev–Trinajstić information content (AvgIpc) is 3.14. The van der Waals surface area contributed by atoms with Gasteiger partial charge in [-0.2, -0.15) is 0 Å². The van der Waals surface area contributed by atoms with Crippen LogP contribution in [0.1, 0.15) is 25.0 Å². The number of anilines is 2. The second-order valence-electron chi connectivity index (χ2n) is 12.2. The van der Waals surface area contributed by atoms with Crippen molar-refractivity contribution in [2.75, 3.05) is 4.90 Å². The van der Waals surface area contributed by atoms with Crippen molar-refractivity contribution in [3.05, 3.63) is 175 Å². The number of aromatic hydroxyl groups is 2. The van der Waals surface area contributed by atoms with Gasteiger partial charge in [0.2, 0.25) is 0 Å². The molecule has 0 atom stereocenters. The minimum atomic E-state index is -0.164. The smallest absolute Gasteiger partial charge is 0.124 e. The average molecular weight is 598 g/mol. The zero-order valence-corrected chi connectivity index (χ0v) is 25.9. The van der Waals surface area contributed by atoms with Crippen LogP contribution in [0.3, 0.4) is 0 Å². The van der Waals surface area contributed by atoms with Gasteiger partial charge in [-0.25, -0.2) is 0 Å². The molecule has 0 saturated carbocycles. The maximum atomic E-state index is 11.1. The summed E-state index contributed by atoms with van der Waals surface area (Å²) in [4.78, 5) is 2.27. The molecule has 0 unspecified atom stereocenters. The van der Waals surface area contributed by atoms with Gasteiger partial charge >= 0.3 is 0 Å². The number of benzene rings is 6. The van der Waals surface area contributed by atoms with Gasteiger partial charge in [0, 0.05) is 33.4 Å². The third-order valence-corrected chi connectivity index (χ3v) is 8.79. The van der Waals surface area contributed by atoms with Crippen LogP contribution in [0, 0.1) is 0 Å². The molecule has 0 saturated heterocycles. The fourth-order valence-electron chi connectivity index (χ4n) is 6.45. The molecule has 3 heteroatoms. The lowest BCUT2D eigenvalue weighted by Gasteiger charge is -2.28. The van der Waals surface area contributed by atoms with E-state index in [-0.39, 0.29) is 16.9 Å². The molecule has 46 heavy (non-hydrogen) atoms. The largest absolute Gasteiger partial charge is 0.507 e. The molecule has 6 aromatic carbocycles. The molecule has 0 radical (unpaired) electrons. The number of nitrogens with zero attached hydrogens (tertiary/aromatic N) is 1. The Hall–Kier alpha value is -5.80. The molecule has 0 aliphatic heterocycles. The van der Waals surface area contributed by atoms with Crippen molar-refractivity contribution in [2.45, 2.75) is 19.3 Å².